The van der Waals surface area contributed by atoms with Crippen molar-refractivity contribution < 1.29 is 13.2 Å². The van der Waals surface area contributed by atoms with E-state index in [0.717, 1.165) is 11.1 Å². The molecule has 1 aliphatic heterocycles. The summed E-state index contributed by atoms with van der Waals surface area (Å²) in [5.41, 5.74) is 3.31. The third kappa shape index (κ3) is 3.99. The number of nitrogens with zero attached hydrogens (tertiary/aromatic N) is 2. The van der Waals surface area contributed by atoms with E-state index in [4.69, 9.17) is 4.74 Å². The number of amidine groups is 1. The van der Waals surface area contributed by atoms with E-state index < -0.39 is 16.1 Å². The highest BCUT2D eigenvalue weighted by atomic mass is 32.2. The van der Waals surface area contributed by atoms with E-state index in [-0.39, 0.29) is 4.90 Å². The Balaban J connectivity index is 1.80. The Bertz CT molecular complexity index is 1220. The summed E-state index contributed by atoms with van der Waals surface area (Å²) in [5.74, 6) is 1.10. The van der Waals surface area contributed by atoms with Gasteiger partial charge >= 0.3 is 0 Å². The number of aliphatic imine (C=N–C) groups is 1. The average molecular weight is 433 g/mol. The largest absolute Gasteiger partial charge is 0.497 e. The van der Waals surface area contributed by atoms with Crippen molar-refractivity contribution in [1.29, 1.82) is 0 Å². The molecule has 1 unspecified atom stereocenters. The summed E-state index contributed by atoms with van der Waals surface area (Å²) < 4.78 is 34.2. The van der Waals surface area contributed by atoms with Crippen molar-refractivity contribution in [3.8, 4) is 5.75 Å². The van der Waals surface area contributed by atoms with Crippen LogP contribution in [-0.2, 0) is 10.0 Å². The first kappa shape index (κ1) is 20.9. The summed E-state index contributed by atoms with van der Waals surface area (Å²) in [6.07, 6.45) is 0. The van der Waals surface area contributed by atoms with E-state index in [1.165, 1.54) is 4.31 Å². The minimum Gasteiger partial charge on any atom is -0.497 e. The van der Waals surface area contributed by atoms with Crippen molar-refractivity contribution in [3.05, 3.63) is 102 Å². The van der Waals surface area contributed by atoms with Gasteiger partial charge in [0.05, 0.1) is 24.6 Å². The van der Waals surface area contributed by atoms with Gasteiger partial charge in [0.1, 0.15) is 11.6 Å². The van der Waals surface area contributed by atoms with Gasteiger partial charge in [0, 0.05) is 5.56 Å². The molecule has 31 heavy (non-hydrogen) atoms. The molecule has 1 aliphatic rings. The van der Waals surface area contributed by atoms with Crippen molar-refractivity contribution in [3.63, 3.8) is 0 Å². The Morgan fingerprint density at radius 2 is 1.65 bits per heavy atom. The molecule has 0 fully saturated rings. The molecule has 0 spiro atoms. The predicted molar refractivity (Wildman–Crippen MR) is 124 cm³/mol. The molecule has 6 heteroatoms. The van der Waals surface area contributed by atoms with Gasteiger partial charge in [-0.3, -0.25) is 4.99 Å². The molecule has 0 aromatic heterocycles. The molecule has 3 aromatic carbocycles. The zero-order valence-electron chi connectivity index (χ0n) is 17.5. The van der Waals surface area contributed by atoms with E-state index in [9.17, 15) is 8.42 Å². The molecular formula is C25H24N2O3S. The molecule has 0 bridgehead atoms. The second-order valence-electron chi connectivity index (χ2n) is 7.41. The smallest absolute Gasteiger partial charge is 0.266 e. The van der Waals surface area contributed by atoms with Gasteiger partial charge in [-0.05, 0) is 54.5 Å². The first-order valence-electron chi connectivity index (χ1n) is 9.96. The van der Waals surface area contributed by atoms with Crippen molar-refractivity contribution in [2.75, 3.05) is 13.7 Å². The number of rotatable bonds is 6. The third-order valence-corrected chi connectivity index (χ3v) is 7.19. The molecule has 1 heterocycles. The second-order valence-corrected chi connectivity index (χ2v) is 9.23. The topological polar surface area (TPSA) is 59.0 Å². The standard InChI is InChI=1S/C25H24N2O3S/c1-18-9-15-23(16-10-18)31(28,29)27-24(19(2)20-7-5-4-6-8-20)17-26-25(27)21-11-13-22(30-3)14-12-21/h4-16,24H,2,17H2,1,3H3. The zero-order valence-corrected chi connectivity index (χ0v) is 18.3. The van der Waals surface area contributed by atoms with Crippen molar-refractivity contribution in [2.24, 2.45) is 4.99 Å². The van der Waals surface area contributed by atoms with E-state index in [0.29, 0.717) is 29.3 Å². The second kappa shape index (κ2) is 8.40. The van der Waals surface area contributed by atoms with Crippen molar-refractivity contribution in [2.45, 2.75) is 17.9 Å². The fourth-order valence-electron chi connectivity index (χ4n) is 3.62. The van der Waals surface area contributed by atoms with E-state index >= 15 is 0 Å². The Hall–Kier alpha value is -3.38. The van der Waals surface area contributed by atoms with E-state index in [1.807, 2.05) is 49.4 Å². The molecule has 0 aliphatic carbocycles. The van der Waals surface area contributed by atoms with Gasteiger partial charge in [-0.1, -0.05) is 54.6 Å². The summed E-state index contributed by atoms with van der Waals surface area (Å²) in [4.78, 5) is 4.87. The summed E-state index contributed by atoms with van der Waals surface area (Å²) in [5, 5.41) is 0. The molecule has 3 aromatic rings. The number of ether oxygens (including phenoxy) is 1. The average Bonchev–Trinajstić information content (AvgIpc) is 3.25. The van der Waals surface area contributed by atoms with Gasteiger partial charge in [0.15, 0.2) is 0 Å². The number of methoxy groups -OCH3 is 1. The predicted octanol–water partition coefficient (Wildman–Crippen LogP) is 4.54. The van der Waals surface area contributed by atoms with Crippen LogP contribution in [0.3, 0.4) is 0 Å². The van der Waals surface area contributed by atoms with Gasteiger partial charge in [-0.2, -0.15) is 0 Å². The molecule has 158 valence electrons. The van der Waals surface area contributed by atoms with Crippen LogP contribution in [0.5, 0.6) is 5.75 Å². The molecular weight excluding hydrogens is 408 g/mol. The van der Waals surface area contributed by atoms with Crippen LogP contribution >= 0.6 is 0 Å². The lowest BCUT2D eigenvalue weighted by molar-refractivity contribution is 0.415. The lowest BCUT2D eigenvalue weighted by Gasteiger charge is -2.29. The fraction of sp³-hybridized carbons (Fsp3) is 0.160. The Morgan fingerprint density at radius 1 is 1.00 bits per heavy atom. The number of hydrogen-bond donors (Lipinski definition) is 0. The van der Waals surface area contributed by atoms with Crippen LogP contribution in [-0.4, -0.2) is 38.3 Å². The lowest BCUT2D eigenvalue weighted by Crippen LogP contribution is -2.42. The fourth-order valence-corrected chi connectivity index (χ4v) is 5.25. The molecule has 0 N–H and O–H groups in total. The monoisotopic (exact) mass is 432 g/mol. The molecule has 0 saturated heterocycles. The lowest BCUT2D eigenvalue weighted by atomic mass is 10.0. The summed E-state index contributed by atoms with van der Waals surface area (Å²) in [6.45, 7) is 6.47. The summed E-state index contributed by atoms with van der Waals surface area (Å²) in [6, 6.07) is 23.2. The number of aryl methyl sites for hydroxylation is 1. The zero-order chi connectivity index (χ0) is 22.0. The molecule has 0 saturated carbocycles. The maximum Gasteiger partial charge on any atom is 0.266 e. The van der Waals surface area contributed by atoms with Gasteiger partial charge in [0.2, 0.25) is 0 Å². The summed E-state index contributed by atoms with van der Waals surface area (Å²) >= 11 is 0. The maximum absolute atomic E-state index is 13.8. The van der Waals surface area contributed by atoms with Gasteiger partial charge in [-0.25, -0.2) is 12.7 Å². The number of hydrogen-bond acceptors (Lipinski definition) is 4. The van der Waals surface area contributed by atoms with Crippen molar-refractivity contribution in [1.82, 2.24) is 4.31 Å². The number of benzene rings is 3. The third-order valence-electron chi connectivity index (χ3n) is 5.38. The molecule has 0 amide bonds. The first-order valence-corrected chi connectivity index (χ1v) is 11.4. The van der Waals surface area contributed by atoms with Gasteiger partial charge in [-0.15, -0.1) is 0 Å². The maximum atomic E-state index is 13.8. The Labute approximate surface area is 183 Å². The van der Waals surface area contributed by atoms with Crippen LogP contribution in [0.25, 0.3) is 5.57 Å². The SMILES string of the molecule is C=C(c1ccccc1)C1CN=C(c2ccc(OC)cc2)N1S(=O)(=O)c1ccc(C)cc1. The Kier molecular flexibility index (Phi) is 5.65. The highest BCUT2D eigenvalue weighted by Gasteiger charge is 2.40. The van der Waals surface area contributed by atoms with Gasteiger partial charge < -0.3 is 4.74 Å². The van der Waals surface area contributed by atoms with Crippen LogP contribution < -0.4 is 4.74 Å². The minimum absolute atomic E-state index is 0.229. The molecule has 4 rings (SSSR count). The van der Waals surface area contributed by atoms with Crippen LogP contribution in [0.15, 0.2) is 95.3 Å². The van der Waals surface area contributed by atoms with E-state index in [1.54, 1.807) is 43.5 Å². The normalized spacial score (nSPS) is 16.1. The first-order chi connectivity index (χ1) is 14.9. The molecule has 5 nitrogen and oxygen atoms in total. The summed E-state index contributed by atoms with van der Waals surface area (Å²) in [7, 11) is -2.27. The molecule has 1 atom stereocenters. The van der Waals surface area contributed by atoms with Crippen LogP contribution in [0.1, 0.15) is 16.7 Å². The van der Waals surface area contributed by atoms with Gasteiger partial charge in [0.25, 0.3) is 10.0 Å². The molecule has 0 radical (unpaired) electrons. The van der Waals surface area contributed by atoms with Crippen LogP contribution in [0.2, 0.25) is 0 Å². The minimum atomic E-state index is -3.86. The van der Waals surface area contributed by atoms with Crippen molar-refractivity contribution >= 4 is 21.4 Å². The Morgan fingerprint density at radius 3 is 2.26 bits per heavy atom. The highest BCUT2D eigenvalue weighted by Crippen LogP contribution is 2.32. The van der Waals surface area contributed by atoms with E-state index in [2.05, 4.69) is 11.6 Å². The highest BCUT2D eigenvalue weighted by molar-refractivity contribution is 7.89. The number of sulfonamides is 1. The quantitative estimate of drug-likeness (QED) is 0.575. The van der Waals surface area contributed by atoms with Crippen LogP contribution in [0, 0.1) is 6.92 Å². The van der Waals surface area contributed by atoms with Crippen LogP contribution in [0.4, 0.5) is 0 Å².